The van der Waals surface area contributed by atoms with Crippen molar-refractivity contribution in [2.45, 2.75) is 83.9 Å². The third kappa shape index (κ3) is 7.52. The molecule has 5 rings (SSSR count). The van der Waals surface area contributed by atoms with Crippen LogP contribution in [-0.2, 0) is 21.0 Å². The summed E-state index contributed by atoms with van der Waals surface area (Å²) in [5.74, 6) is -2.63. The molecule has 3 aliphatic rings. The van der Waals surface area contributed by atoms with E-state index in [1.54, 1.807) is 41.0 Å². The number of benzene rings is 2. The van der Waals surface area contributed by atoms with Gasteiger partial charge in [-0.05, 0) is 67.6 Å². The number of hydrogen-bond acceptors (Lipinski definition) is 8. The maximum Gasteiger partial charge on any atom is 0.326 e. The van der Waals surface area contributed by atoms with Crippen LogP contribution in [0.4, 0.5) is 14.9 Å². The number of carboxylic acids is 1. The number of amides is 4. The third-order valence-corrected chi connectivity index (χ3v) is 10.1. The Bertz CT molecular complexity index is 1560. The first-order chi connectivity index (χ1) is 23.5. The van der Waals surface area contributed by atoms with E-state index in [2.05, 4.69) is 13.8 Å². The number of anilines is 1. The van der Waals surface area contributed by atoms with E-state index in [0.29, 0.717) is 33.9 Å². The molecule has 12 nitrogen and oxygen atoms in total. The lowest BCUT2D eigenvalue weighted by Gasteiger charge is -2.36. The number of urea groups is 1. The van der Waals surface area contributed by atoms with Crippen molar-refractivity contribution in [3.63, 3.8) is 0 Å². The summed E-state index contributed by atoms with van der Waals surface area (Å²) in [4.78, 5) is 59.0. The van der Waals surface area contributed by atoms with E-state index >= 15 is 0 Å². The molecule has 2 N–H and O–H groups in total. The van der Waals surface area contributed by atoms with Crippen molar-refractivity contribution < 1.29 is 43.3 Å². The first-order valence-electron chi connectivity index (χ1n) is 17.1. The zero-order valence-electron chi connectivity index (χ0n) is 28.7. The smallest absolute Gasteiger partial charge is 0.326 e. The van der Waals surface area contributed by atoms with Crippen LogP contribution >= 0.6 is 0 Å². The zero-order valence-corrected chi connectivity index (χ0v) is 28.7. The molecule has 3 aliphatic heterocycles. The number of rotatable bonds is 14. The summed E-state index contributed by atoms with van der Waals surface area (Å²) < 4.78 is 25.5. The van der Waals surface area contributed by atoms with Gasteiger partial charge in [0.2, 0.25) is 18.6 Å². The molecule has 3 atom stereocenters. The van der Waals surface area contributed by atoms with Crippen LogP contribution in [0, 0.1) is 18.7 Å². The predicted octanol–water partition coefficient (Wildman–Crippen LogP) is 4.50. The van der Waals surface area contributed by atoms with Gasteiger partial charge < -0.3 is 29.5 Å². The molecule has 3 heterocycles. The van der Waals surface area contributed by atoms with E-state index in [4.69, 9.17) is 9.47 Å². The van der Waals surface area contributed by atoms with Crippen LogP contribution in [-0.4, -0.2) is 101 Å². The number of carboxylic acid groups (broad SMARTS) is 1. The summed E-state index contributed by atoms with van der Waals surface area (Å²) in [7, 11) is 1.43. The molecular weight excluding hydrogens is 635 g/mol. The van der Waals surface area contributed by atoms with Gasteiger partial charge in [0.1, 0.15) is 5.82 Å². The highest BCUT2D eigenvalue weighted by molar-refractivity contribution is 5.96. The van der Waals surface area contributed by atoms with Gasteiger partial charge in [-0.25, -0.2) is 9.18 Å². The lowest BCUT2D eigenvalue weighted by atomic mass is 9.83. The van der Waals surface area contributed by atoms with Gasteiger partial charge in [0, 0.05) is 62.4 Å². The number of hydrogen-bond donors (Lipinski definition) is 2. The van der Waals surface area contributed by atoms with Crippen molar-refractivity contribution in [3.05, 3.63) is 52.8 Å². The number of ether oxygens (including phenoxy) is 2. The Balaban J connectivity index is 1.51. The first-order valence-corrected chi connectivity index (χ1v) is 17.1. The minimum Gasteiger partial charge on any atom is -0.481 e. The number of imide groups is 1. The molecule has 0 spiro atoms. The predicted molar refractivity (Wildman–Crippen MR) is 179 cm³/mol. The van der Waals surface area contributed by atoms with Crippen LogP contribution in [0.1, 0.15) is 75.0 Å². The second-order valence-electron chi connectivity index (χ2n) is 13.2. The number of nitrogens with zero attached hydrogens (tertiary/aromatic N) is 4. The number of aliphatic hydroxyl groups is 1. The number of aliphatic carboxylic acids is 1. The topological polar surface area (TPSA) is 140 Å². The van der Waals surface area contributed by atoms with Crippen molar-refractivity contribution in [2.24, 2.45) is 5.92 Å². The molecule has 0 saturated carbocycles. The summed E-state index contributed by atoms with van der Waals surface area (Å²) in [5.41, 5.74) is 2.13. The molecule has 13 heteroatoms. The van der Waals surface area contributed by atoms with E-state index < -0.39 is 29.9 Å². The SMILES string of the molecule is CCCC(CCC)N(C(=O)CN1C[C@H](c2cc(CO)c3c(c2)OCO3)[C@@H](C(=O)O)[C@@H]1CCN1CCC(=O)N(C)C1=O)c1ccc(F)c(C)c1. The average Bonchev–Trinajstić information content (AvgIpc) is 3.69. The standard InChI is InChI=1S/C36H47FN4O8/c1-5-7-25(8-6-2)41(26-9-10-28(37)22(3)15-26)32(44)19-40-18-27(23-16-24(20-42)34-30(17-23)48-21-49-34)33(35(45)46)29(40)11-13-39-14-12-31(43)38(4)36(39)47/h9-10,15-17,25,27,29,33,42H,5-8,11-14,18-21H2,1-4H3,(H,45,46)/t27-,29+,33-/m1/s1. The molecule has 2 saturated heterocycles. The molecule has 0 radical (unpaired) electrons. The number of carbonyl (C=O) groups is 4. The van der Waals surface area contributed by atoms with Crippen LogP contribution in [0.15, 0.2) is 30.3 Å². The number of likely N-dealkylation sites (tertiary alicyclic amines) is 1. The second kappa shape index (κ2) is 15.5. The van der Waals surface area contributed by atoms with Crippen molar-refractivity contribution in [2.75, 3.05) is 44.9 Å². The average molecular weight is 683 g/mol. The van der Waals surface area contributed by atoms with Crippen molar-refractivity contribution >= 4 is 29.5 Å². The van der Waals surface area contributed by atoms with E-state index in [1.807, 2.05) is 4.90 Å². The Kier molecular flexibility index (Phi) is 11.4. The monoisotopic (exact) mass is 682 g/mol. The molecule has 2 fully saturated rings. The van der Waals surface area contributed by atoms with Gasteiger partial charge in [-0.15, -0.1) is 0 Å². The van der Waals surface area contributed by atoms with E-state index in [9.17, 15) is 33.8 Å². The summed E-state index contributed by atoms with van der Waals surface area (Å²) in [6.45, 7) is 5.96. The highest BCUT2D eigenvalue weighted by atomic mass is 19.1. The Hall–Kier alpha value is -4.23. The second-order valence-corrected chi connectivity index (χ2v) is 13.2. The first kappa shape index (κ1) is 36.1. The molecule has 266 valence electrons. The maximum atomic E-state index is 14.5. The van der Waals surface area contributed by atoms with Crippen molar-refractivity contribution in [1.29, 1.82) is 0 Å². The van der Waals surface area contributed by atoms with Gasteiger partial charge in [-0.2, -0.15) is 0 Å². The summed E-state index contributed by atoms with van der Waals surface area (Å²) in [6.07, 6.45) is 3.57. The van der Waals surface area contributed by atoms with Gasteiger partial charge in [0.25, 0.3) is 0 Å². The summed E-state index contributed by atoms with van der Waals surface area (Å²) in [6, 6.07) is 6.90. The molecule has 2 aromatic carbocycles. The Labute approximate surface area is 286 Å². The summed E-state index contributed by atoms with van der Waals surface area (Å²) in [5, 5.41) is 20.8. The van der Waals surface area contributed by atoms with E-state index in [0.717, 1.165) is 30.6 Å². The third-order valence-electron chi connectivity index (χ3n) is 10.1. The van der Waals surface area contributed by atoms with Crippen LogP contribution in [0.5, 0.6) is 11.5 Å². The van der Waals surface area contributed by atoms with Crippen LogP contribution in [0.25, 0.3) is 0 Å². The van der Waals surface area contributed by atoms with E-state index in [1.165, 1.54) is 13.1 Å². The molecule has 0 aliphatic carbocycles. The van der Waals surface area contributed by atoms with Crippen LogP contribution in [0.3, 0.4) is 0 Å². The fourth-order valence-corrected chi connectivity index (χ4v) is 7.59. The van der Waals surface area contributed by atoms with Gasteiger partial charge in [0.15, 0.2) is 11.5 Å². The highest BCUT2D eigenvalue weighted by Gasteiger charge is 2.48. The fraction of sp³-hybridized carbons (Fsp3) is 0.556. The Morgan fingerprint density at radius 2 is 1.84 bits per heavy atom. The van der Waals surface area contributed by atoms with Crippen molar-refractivity contribution in [1.82, 2.24) is 14.7 Å². The van der Waals surface area contributed by atoms with Gasteiger partial charge in [-0.1, -0.05) is 26.7 Å². The van der Waals surface area contributed by atoms with Gasteiger partial charge >= 0.3 is 12.0 Å². The number of aryl methyl sites for hydroxylation is 1. The number of halogens is 1. The number of aliphatic hydroxyl groups excluding tert-OH is 1. The minimum absolute atomic E-state index is 0.0156. The molecule has 0 aromatic heterocycles. The highest BCUT2D eigenvalue weighted by Crippen LogP contribution is 2.45. The molecule has 49 heavy (non-hydrogen) atoms. The Morgan fingerprint density at radius 1 is 1.10 bits per heavy atom. The molecule has 0 unspecified atom stereocenters. The summed E-state index contributed by atoms with van der Waals surface area (Å²) >= 11 is 0. The van der Waals surface area contributed by atoms with Gasteiger partial charge in [-0.3, -0.25) is 24.2 Å². The zero-order chi connectivity index (χ0) is 35.4. The largest absolute Gasteiger partial charge is 0.481 e. The number of fused-ring (bicyclic) bond motifs is 1. The van der Waals surface area contributed by atoms with Crippen molar-refractivity contribution in [3.8, 4) is 11.5 Å². The maximum absolute atomic E-state index is 14.5. The number of carbonyl (C=O) groups excluding carboxylic acids is 3. The van der Waals surface area contributed by atoms with E-state index in [-0.39, 0.29) is 76.1 Å². The molecule has 0 bridgehead atoms. The normalized spacial score (nSPS) is 20.8. The van der Waals surface area contributed by atoms with Gasteiger partial charge in [0.05, 0.1) is 19.1 Å². The molecule has 2 aromatic rings. The van der Waals surface area contributed by atoms with Crippen LogP contribution in [0.2, 0.25) is 0 Å². The van der Waals surface area contributed by atoms with Crippen LogP contribution < -0.4 is 14.4 Å². The lowest BCUT2D eigenvalue weighted by Crippen LogP contribution is -2.52. The molecular formula is C36H47FN4O8. The fourth-order valence-electron chi connectivity index (χ4n) is 7.59. The minimum atomic E-state index is -1.05. The lowest BCUT2D eigenvalue weighted by molar-refractivity contribution is -0.143. The quantitative estimate of drug-likeness (QED) is 0.295. The Morgan fingerprint density at radius 3 is 2.49 bits per heavy atom. The molecule has 4 amide bonds.